The molecule has 6 heteroatoms. The zero-order chi connectivity index (χ0) is 16.7. The van der Waals surface area contributed by atoms with Crippen molar-refractivity contribution in [2.75, 3.05) is 18.4 Å². The molecule has 4 rings (SSSR count). The minimum atomic E-state index is 0.0125. The Labute approximate surface area is 155 Å². The number of amides is 1. The SMILES string of the molecule is O=C(C[NH+]1CCc2sccc2[C@@H]1C1CC1)Nc1ccc(Cl)cc1Cl. The molecular weight excluding hydrogens is 363 g/mol. The Hall–Kier alpha value is -1.07. The van der Waals surface area contributed by atoms with E-state index in [1.807, 2.05) is 11.3 Å². The predicted molar refractivity (Wildman–Crippen MR) is 99.3 cm³/mol. The van der Waals surface area contributed by atoms with Gasteiger partial charge >= 0.3 is 0 Å². The summed E-state index contributed by atoms with van der Waals surface area (Å²) in [5.74, 6) is 0.749. The highest BCUT2D eigenvalue weighted by Crippen LogP contribution is 2.42. The number of rotatable bonds is 4. The molecule has 1 amide bonds. The Morgan fingerprint density at radius 2 is 2.12 bits per heavy atom. The maximum absolute atomic E-state index is 12.5. The number of fused-ring (bicyclic) bond motifs is 1. The molecule has 0 bridgehead atoms. The van der Waals surface area contributed by atoms with Crippen molar-refractivity contribution in [3.8, 4) is 0 Å². The lowest BCUT2D eigenvalue weighted by Gasteiger charge is -2.32. The van der Waals surface area contributed by atoms with E-state index in [1.54, 1.807) is 18.2 Å². The van der Waals surface area contributed by atoms with Crippen molar-refractivity contribution < 1.29 is 9.69 Å². The van der Waals surface area contributed by atoms with E-state index < -0.39 is 0 Å². The highest BCUT2D eigenvalue weighted by Gasteiger charge is 2.43. The van der Waals surface area contributed by atoms with Gasteiger partial charge in [-0.25, -0.2) is 0 Å². The second kappa shape index (κ2) is 6.68. The number of carbonyl (C=O) groups is 1. The van der Waals surface area contributed by atoms with Gasteiger partial charge in [-0.1, -0.05) is 23.2 Å². The van der Waals surface area contributed by atoms with Crippen molar-refractivity contribution in [2.45, 2.75) is 25.3 Å². The second-order valence-electron chi connectivity index (χ2n) is 6.62. The van der Waals surface area contributed by atoms with Crippen LogP contribution in [0, 0.1) is 5.92 Å². The molecule has 3 nitrogen and oxygen atoms in total. The Kier molecular flexibility index (Phi) is 4.56. The van der Waals surface area contributed by atoms with Gasteiger partial charge in [-0.2, -0.15) is 0 Å². The monoisotopic (exact) mass is 381 g/mol. The normalized spacial score (nSPS) is 22.9. The lowest BCUT2D eigenvalue weighted by atomic mass is 9.96. The van der Waals surface area contributed by atoms with Crippen molar-refractivity contribution in [1.82, 2.24) is 0 Å². The molecule has 126 valence electrons. The highest BCUT2D eigenvalue weighted by molar-refractivity contribution is 7.10. The van der Waals surface area contributed by atoms with Crippen molar-refractivity contribution >= 4 is 46.1 Å². The molecule has 1 aliphatic heterocycles. The quantitative estimate of drug-likeness (QED) is 0.833. The summed E-state index contributed by atoms with van der Waals surface area (Å²) in [4.78, 5) is 15.4. The van der Waals surface area contributed by atoms with Crippen LogP contribution in [0.25, 0.3) is 0 Å². The number of carbonyl (C=O) groups excluding carboxylic acids is 1. The van der Waals surface area contributed by atoms with E-state index in [1.165, 1.54) is 28.2 Å². The summed E-state index contributed by atoms with van der Waals surface area (Å²) >= 11 is 13.9. The van der Waals surface area contributed by atoms with E-state index in [0.717, 1.165) is 18.9 Å². The summed E-state index contributed by atoms with van der Waals surface area (Å²) in [6.07, 6.45) is 3.64. The van der Waals surface area contributed by atoms with Crippen LogP contribution >= 0.6 is 34.5 Å². The van der Waals surface area contributed by atoms with Crippen LogP contribution in [0.5, 0.6) is 0 Å². The molecule has 0 radical (unpaired) electrons. The molecule has 1 unspecified atom stereocenters. The van der Waals surface area contributed by atoms with Gasteiger partial charge in [0.05, 0.1) is 17.3 Å². The Morgan fingerprint density at radius 3 is 2.88 bits per heavy atom. The van der Waals surface area contributed by atoms with E-state index in [2.05, 4.69) is 16.8 Å². The van der Waals surface area contributed by atoms with Gasteiger partial charge in [-0.05, 0) is 42.5 Å². The summed E-state index contributed by atoms with van der Waals surface area (Å²) in [6, 6.07) is 7.88. The number of nitrogens with one attached hydrogen (secondary N) is 2. The molecule has 0 spiro atoms. The molecule has 2 N–H and O–H groups in total. The van der Waals surface area contributed by atoms with Gasteiger partial charge in [-0.3, -0.25) is 4.79 Å². The van der Waals surface area contributed by atoms with Gasteiger partial charge in [0.15, 0.2) is 6.54 Å². The molecule has 2 aromatic rings. The average Bonchev–Trinajstić information content (AvgIpc) is 3.26. The van der Waals surface area contributed by atoms with E-state index in [9.17, 15) is 4.79 Å². The summed E-state index contributed by atoms with van der Waals surface area (Å²) in [5, 5.41) is 6.17. The van der Waals surface area contributed by atoms with Gasteiger partial charge in [0.25, 0.3) is 5.91 Å². The Bertz CT molecular complexity index is 772. The van der Waals surface area contributed by atoms with Crippen LogP contribution in [0.15, 0.2) is 29.6 Å². The number of halogens is 2. The average molecular weight is 382 g/mol. The third-order valence-corrected chi connectivity index (χ3v) is 6.46. The molecule has 2 aliphatic rings. The number of thiophene rings is 1. The van der Waals surface area contributed by atoms with Gasteiger partial charge in [-0.15, -0.1) is 11.3 Å². The Balaban J connectivity index is 1.47. The standard InChI is InChI=1S/C18H18Cl2N2OS/c19-12-3-4-15(14(20)9-12)21-17(23)10-22-7-5-16-13(6-8-24-16)18(22)11-1-2-11/h3-4,6,8-9,11,18H,1-2,5,7,10H2,(H,21,23)/p+1/t18-/m0/s1. The van der Waals surface area contributed by atoms with Crippen molar-refractivity contribution in [2.24, 2.45) is 5.92 Å². The van der Waals surface area contributed by atoms with Crippen molar-refractivity contribution in [3.63, 3.8) is 0 Å². The third kappa shape index (κ3) is 3.33. The van der Waals surface area contributed by atoms with Crippen LogP contribution in [-0.2, 0) is 11.2 Å². The maximum atomic E-state index is 12.5. The number of anilines is 1. The fourth-order valence-corrected chi connectivity index (χ4v) is 5.07. The first kappa shape index (κ1) is 16.4. The molecule has 1 aromatic heterocycles. The van der Waals surface area contributed by atoms with Crippen LogP contribution in [0.4, 0.5) is 5.69 Å². The summed E-state index contributed by atoms with van der Waals surface area (Å²) in [6.45, 7) is 1.51. The molecule has 2 heterocycles. The molecule has 1 aliphatic carbocycles. The first-order valence-electron chi connectivity index (χ1n) is 8.27. The lowest BCUT2D eigenvalue weighted by Crippen LogP contribution is -3.14. The van der Waals surface area contributed by atoms with Gasteiger partial charge in [0.2, 0.25) is 0 Å². The minimum Gasteiger partial charge on any atom is -0.320 e. The second-order valence-corrected chi connectivity index (χ2v) is 8.47. The van der Waals surface area contributed by atoms with Crippen LogP contribution in [0.2, 0.25) is 10.0 Å². The number of hydrogen-bond donors (Lipinski definition) is 2. The molecule has 2 atom stereocenters. The van der Waals surface area contributed by atoms with E-state index in [-0.39, 0.29) is 5.91 Å². The van der Waals surface area contributed by atoms with E-state index >= 15 is 0 Å². The van der Waals surface area contributed by atoms with Crippen LogP contribution < -0.4 is 10.2 Å². The Morgan fingerprint density at radius 1 is 1.29 bits per heavy atom. The first-order valence-corrected chi connectivity index (χ1v) is 9.91. The molecular formula is C18H19Cl2N2OS+. The van der Waals surface area contributed by atoms with Gasteiger partial charge in [0, 0.05) is 27.8 Å². The largest absolute Gasteiger partial charge is 0.320 e. The van der Waals surface area contributed by atoms with Crippen LogP contribution in [-0.4, -0.2) is 19.0 Å². The molecule has 1 saturated carbocycles. The summed E-state index contributed by atoms with van der Waals surface area (Å²) in [5.41, 5.74) is 2.10. The molecule has 24 heavy (non-hydrogen) atoms. The highest BCUT2D eigenvalue weighted by atomic mass is 35.5. The summed E-state index contributed by atoms with van der Waals surface area (Å²) < 4.78 is 0. The minimum absolute atomic E-state index is 0.0125. The number of benzene rings is 1. The zero-order valence-electron chi connectivity index (χ0n) is 13.1. The van der Waals surface area contributed by atoms with E-state index in [4.69, 9.17) is 23.2 Å². The maximum Gasteiger partial charge on any atom is 0.279 e. The molecule has 0 saturated heterocycles. The molecule has 1 aromatic carbocycles. The van der Waals surface area contributed by atoms with Gasteiger partial charge < -0.3 is 10.2 Å². The number of hydrogen-bond acceptors (Lipinski definition) is 2. The third-order valence-electron chi connectivity index (χ3n) is 4.91. The number of quaternary nitrogens is 1. The van der Waals surface area contributed by atoms with Gasteiger partial charge in [0.1, 0.15) is 6.04 Å². The van der Waals surface area contributed by atoms with E-state index in [0.29, 0.717) is 28.3 Å². The summed E-state index contributed by atoms with van der Waals surface area (Å²) in [7, 11) is 0. The fraction of sp³-hybridized carbons (Fsp3) is 0.389. The predicted octanol–water partition coefficient (Wildman–Crippen LogP) is 3.59. The lowest BCUT2D eigenvalue weighted by molar-refractivity contribution is -0.928. The van der Waals surface area contributed by atoms with Crippen LogP contribution in [0.1, 0.15) is 29.3 Å². The molecule has 1 fully saturated rings. The first-order chi connectivity index (χ1) is 11.6. The smallest absolute Gasteiger partial charge is 0.279 e. The fourth-order valence-electron chi connectivity index (χ4n) is 3.69. The van der Waals surface area contributed by atoms with Crippen molar-refractivity contribution in [1.29, 1.82) is 0 Å². The topological polar surface area (TPSA) is 33.5 Å². The van der Waals surface area contributed by atoms with Crippen molar-refractivity contribution in [3.05, 3.63) is 50.1 Å². The van der Waals surface area contributed by atoms with Crippen LogP contribution in [0.3, 0.4) is 0 Å². The zero-order valence-corrected chi connectivity index (χ0v) is 15.5.